The Bertz CT molecular complexity index is 173. The zero-order valence-corrected chi connectivity index (χ0v) is 7.99. The summed E-state index contributed by atoms with van der Waals surface area (Å²) in [6.45, 7) is 2.55. The molecule has 74 valence electrons. The van der Waals surface area contributed by atoms with Gasteiger partial charge in [-0.2, -0.15) is 0 Å². The van der Waals surface area contributed by atoms with Crippen molar-refractivity contribution in [1.82, 2.24) is 0 Å². The van der Waals surface area contributed by atoms with E-state index in [-0.39, 0.29) is 5.97 Å². The second kappa shape index (κ2) is 8.97. The van der Waals surface area contributed by atoms with E-state index in [1.54, 1.807) is 6.08 Å². The first-order chi connectivity index (χ1) is 6.31. The van der Waals surface area contributed by atoms with E-state index in [2.05, 4.69) is 0 Å². The predicted octanol–water partition coefficient (Wildman–Crippen LogP) is 1.86. The van der Waals surface area contributed by atoms with Gasteiger partial charge in [0, 0.05) is 6.42 Å². The Labute approximate surface area is 78.8 Å². The monoisotopic (exact) mass is 184 g/mol. The van der Waals surface area contributed by atoms with E-state index in [9.17, 15) is 9.59 Å². The molecule has 13 heavy (non-hydrogen) atoms. The molecule has 0 saturated heterocycles. The molecule has 0 aromatic rings. The highest BCUT2D eigenvalue weighted by molar-refractivity contribution is 5.70. The van der Waals surface area contributed by atoms with E-state index in [1.807, 2.05) is 6.92 Å². The highest BCUT2D eigenvalue weighted by Gasteiger charge is 1.99. The van der Waals surface area contributed by atoms with Crippen LogP contribution in [0.5, 0.6) is 0 Å². The number of allylic oxidation sites excluding steroid dienone is 2. The van der Waals surface area contributed by atoms with E-state index in [1.165, 1.54) is 6.08 Å². The summed E-state index contributed by atoms with van der Waals surface area (Å²) < 4.78 is 4.90. The molecule has 0 aromatic heterocycles. The number of ether oxygens (including phenoxy) is 1. The van der Waals surface area contributed by atoms with Crippen LogP contribution in [0, 0.1) is 0 Å². The molecule has 0 aliphatic heterocycles. The van der Waals surface area contributed by atoms with Gasteiger partial charge in [-0.15, -0.1) is 0 Å². The summed E-state index contributed by atoms with van der Waals surface area (Å²) in [5, 5.41) is 0. The van der Waals surface area contributed by atoms with Crippen LogP contribution in [0.3, 0.4) is 0 Å². The average molecular weight is 184 g/mol. The number of aldehydes is 1. The van der Waals surface area contributed by atoms with Gasteiger partial charge in [0.05, 0.1) is 6.61 Å². The van der Waals surface area contributed by atoms with Crippen molar-refractivity contribution >= 4 is 12.3 Å². The number of unbranched alkanes of at least 4 members (excludes halogenated alkanes) is 1. The van der Waals surface area contributed by atoms with Crippen LogP contribution in [0.2, 0.25) is 0 Å². The summed E-state index contributed by atoms with van der Waals surface area (Å²) in [5.41, 5.74) is 0. The lowest BCUT2D eigenvalue weighted by atomic mass is 10.3. The second-order valence-corrected chi connectivity index (χ2v) is 2.68. The van der Waals surface area contributed by atoms with Crippen LogP contribution in [0.1, 0.15) is 32.6 Å². The molecule has 0 aliphatic carbocycles. The maximum absolute atomic E-state index is 10.9. The van der Waals surface area contributed by atoms with E-state index in [0.717, 1.165) is 12.8 Å². The van der Waals surface area contributed by atoms with Crippen molar-refractivity contribution in [1.29, 1.82) is 0 Å². The van der Waals surface area contributed by atoms with Crippen LogP contribution in [0.15, 0.2) is 12.2 Å². The van der Waals surface area contributed by atoms with Crippen molar-refractivity contribution in [2.45, 2.75) is 32.6 Å². The lowest BCUT2D eigenvalue weighted by molar-refractivity contribution is -0.143. The molecule has 0 fully saturated rings. The fraction of sp³-hybridized carbons (Fsp3) is 0.600. The molecule has 0 unspecified atom stereocenters. The van der Waals surface area contributed by atoms with Crippen LogP contribution in [-0.4, -0.2) is 18.9 Å². The van der Waals surface area contributed by atoms with E-state index in [0.29, 0.717) is 25.7 Å². The molecule has 0 saturated carbocycles. The van der Waals surface area contributed by atoms with Gasteiger partial charge >= 0.3 is 5.97 Å². The van der Waals surface area contributed by atoms with Crippen molar-refractivity contribution in [2.75, 3.05) is 6.61 Å². The minimum absolute atomic E-state index is 0.191. The van der Waals surface area contributed by atoms with Gasteiger partial charge in [-0.05, 0) is 18.9 Å². The zero-order chi connectivity index (χ0) is 9.94. The summed E-state index contributed by atoms with van der Waals surface area (Å²) in [4.78, 5) is 20.8. The first-order valence-electron chi connectivity index (χ1n) is 4.57. The fourth-order valence-electron chi connectivity index (χ4n) is 0.755. The van der Waals surface area contributed by atoms with E-state index in [4.69, 9.17) is 4.74 Å². The smallest absolute Gasteiger partial charge is 0.306 e. The third-order valence-electron chi connectivity index (χ3n) is 1.49. The molecule has 3 heteroatoms. The Balaban J connectivity index is 3.29. The van der Waals surface area contributed by atoms with Gasteiger partial charge in [0.1, 0.15) is 6.29 Å². The van der Waals surface area contributed by atoms with Crippen molar-refractivity contribution < 1.29 is 14.3 Å². The van der Waals surface area contributed by atoms with Crippen LogP contribution < -0.4 is 0 Å². The molecule has 0 heterocycles. The Kier molecular flexibility index (Phi) is 8.20. The standard InChI is InChI=1S/C10H16O3/c1-2-3-9-13-10(12)7-5-4-6-8-11/h4,6,8H,2-3,5,7,9H2,1H3. The highest BCUT2D eigenvalue weighted by atomic mass is 16.5. The molecular weight excluding hydrogens is 168 g/mol. The molecule has 0 amide bonds. The quantitative estimate of drug-likeness (QED) is 0.262. The molecule has 0 spiro atoms. The average Bonchev–Trinajstić information content (AvgIpc) is 2.13. The van der Waals surface area contributed by atoms with E-state index < -0.39 is 0 Å². The lowest BCUT2D eigenvalue weighted by Gasteiger charge is -2.01. The van der Waals surface area contributed by atoms with Gasteiger partial charge in [-0.3, -0.25) is 9.59 Å². The molecule has 0 atom stereocenters. The second-order valence-electron chi connectivity index (χ2n) is 2.68. The number of esters is 1. The molecule has 0 aliphatic rings. The summed E-state index contributed by atoms with van der Waals surface area (Å²) in [5.74, 6) is -0.191. The number of carbonyl (C=O) groups is 2. The van der Waals surface area contributed by atoms with Gasteiger partial charge in [-0.25, -0.2) is 0 Å². The molecule has 0 aromatic carbocycles. The summed E-state index contributed by atoms with van der Waals surface area (Å²) in [7, 11) is 0. The van der Waals surface area contributed by atoms with E-state index >= 15 is 0 Å². The molecule has 0 rings (SSSR count). The minimum Gasteiger partial charge on any atom is -0.466 e. The maximum Gasteiger partial charge on any atom is 0.306 e. The minimum atomic E-state index is -0.191. The fourth-order valence-corrected chi connectivity index (χ4v) is 0.755. The van der Waals surface area contributed by atoms with Crippen molar-refractivity contribution in [3.63, 3.8) is 0 Å². The first kappa shape index (κ1) is 11.9. The van der Waals surface area contributed by atoms with Crippen molar-refractivity contribution in [2.24, 2.45) is 0 Å². The lowest BCUT2D eigenvalue weighted by Crippen LogP contribution is -2.04. The van der Waals surface area contributed by atoms with Gasteiger partial charge in [0.2, 0.25) is 0 Å². The first-order valence-corrected chi connectivity index (χ1v) is 4.57. The van der Waals surface area contributed by atoms with Crippen LogP contribution in [0.25, 0.3) is 0 Å². The van der Waals surface area contributed by atoms with Gasteiger partial charge in [0.25, 0.3) is 0 Å². The van der Waals surface area contributed by atoms with Crippen molar-refractivity contribution in [3.8, 4) is 0 Å². The predicted molar refractivity (Wildman–Crippen MR) is 50.3 cm³/mol. The largest absolute Gasteiger partial charge is 0.466 e. The molecule has 0 bridgehead atoms. The van der Waals surface area contributed by atoms with Crippen LogP contribution in [0.4, 0.5) is 0 Å². The molecule has 0 N–H and O–H groups in total. The van der Waals surface area contributed by atoms with Crippen molar-refractivity contribution in [3.05, 3.63) is 12.2 Å². The summed E-state index contributed by atoms with van der Waals surface area (Å²) >= 11 is 0. The number of hydrogen-bond donors (Lipinski definition) is 0. The topological polar surface area (TPSA) is 43.4 Å². The number of rotatable bonds is 7. The molecular formula is C10H16O3. The van der Waals surface area contributed by atoms with Gasteiger partial charge < -0.3 is 4.74 Å². The van der Waals surface area contributed by atoms with Gasteiger partial charge in [0.15, 0.2) is 0 Å². The Morgan fingerprint density at radius 1 is 1.46 bits per heavy atom. The van der Waals surface area contributed by atoms with Crippen LogP contribution in [-0.2, 0) is 14.3 Å². The van der Waals surface area contributed by atoms with Crippen LogP contribution >= 0.6 is 0 Å². The Morgan fingerprint density at radius 2 is 2.23 bits per heavy atom. The third-order valence-corrected chi connectivity index (χ3v) is 1.49. The number of hydrogen-bond acceptors (Lipinski definition) is 3. The Hall–Kier alpha value is -1.12. The summed E-state index contributed by atoms with van der Waals surface area (Å²) in [6.07, 6.45) is 6.61. The zero-order valence-electron chi connectivity index (χ0n) is 7.99. The third kappa shape index (κ3) is 8.79. The highest BCUT2D eigenvalue weighted by Crippen LogP contribution is 1.96. The SMILES string of the molecule is CCCCOC(=O)CCC=CC=O. The number of carbonyl (C=O) groups excluding carboxylic acids is 2. The Morgan fingerprint density at radius 3 is 2.85 bits per heavy atom. The molecule has 0 radical (unpaired) electrons. The molecule has 3 nitrogen and oxygen atoms in total. The van der Waals surface area contributed by atoms with Gasteiger partial charge in [-0.1, -0.05) is 19.4 Å². The normalized spacial score (nSPS) is 10.2. The maximum atomic E-state index is 10.9. The summed E-state index contributed by atoms with van der Waals surface area (Å²) in [6, 6.07) is 0.